The third-order valence-corrected chi connectivity index (χ3v) is 5.88. The molecule has 0 amide bonds. The summed E-state index contributed by atoms with van der Waals surface area (Å²) in [5.41, 5.74) is 4.20. The predicted molar refractivity (Wildman–Crippen MR) is 123 cm³/mol. The molecule has 1 N–H and O–H groups in total. The van der Waals surface area contributed by atoms with Crippen molar-refractivity contribution in [1.82, 2.24) is 23.8 Å². The van der Waals surface area contributed by atoms with E-state index in [1.54, 1.807) is 12.3 Å². The Morgan fingerprint density at radius 1 is 1.23 bits per heavy atom. The molecule has 7 nitrogen and oxygen atoms in total. The Bertz CT molecular complexity index is 1110. The van der Waals surface area contributed by atoms with Crippen LogP contribution in [0.25, 0.3) is 11.2 Å². The van der Waals surface area contributed by atoms with Gasteiger partial charge >= 0.3 is 5.97 Å². The zero-order valence-electron chi connectivity index (χ0n) is 17.7. The lowest BCUT2D eigenvalue weighted by Crippen LogP contribution is -2.25. The molecule has 0 saturated heterocycles. The number of hydrogen-bond donors (Lipinski definition) is 1. The number of aryl methyl sites for hydroxylation is 1. The second-order valence-corrected chi connectivity index (χ2v) is 8.24. The van der Waals surface area contributed by atoms with Crippen LogP contribution in [0.2, 0.25) is 0 Å². The summed E-state index contributed by atoms with van der Waals surface area (Å²) in [5, 5.41) is 3.54. The number of aromatic nitrogens is 3. The van der Waals surface area contributed by atoms with Gasteiger partial charge in [0.25, 0.3) is 0 Å². The van der Waals surface area contributed by atoms with Gasteiger partial charge < -0.3 is 14.6 Å². The molecular weight excluding hydrogens is 458 g/mol. The summed E-state index contributed by atoms with van der Waals surface area (Å²) in [6.45, 7) is 4.95. The Labute approximate surface area is 190 Å². The van der Waals surface area contributed by atoms with Crippen LogP contribution in [0.15, 0.2) is 54.5 Å². The number of unbranched alkanes of at least 4 members (excludes halogenated alkanes) is 1. The maximum atomic E-state index is 12.4. The van der Waals surface area contributed by atoms with Gasteiger partial charge in [-0.3, -0.25) is 3.93 Å². The molecule has 0 fully saturated rings. The van der Waals surface area contributed by atoms with Crippen molar-refractivity contribution in [2.24, 2.45) is 0 Å². The van der Waals surface area contributed by atoms with Gasteiger partial charge in [-0.15, -0.1) is 0 Å². The van der Waals surface area contributed by atoms with E-state index in [1.807, 2.05) is 47.4 Å². The normalized spacial score (nSPS) is 15.8. The third kappa shape index (κ3) is 4.44. The average Bonchev–Trinajstić information content (AvgIpc) is 3.32. The van der Waals surface area contributed by atoms with E-state index in [0.29, 0.717) is 18.7 Å². The summed E-state index contributed by atoms with van der Waals surface area (Å²) in [6.07, 6.45) is 6.68. The van der Waals surface area contributed by atoms with E-state index in [-0.39, 0.29) is 12.1 Å². The number of allylic oxidation sites excluding steroid dienone is 1. The van der Waals surface area contributed by atoms with Crippen molar-refractivity contribution in [3.05, 3.63) is 71.4 Å². The number of nitrogens with zero attached hydrogens (tertiary/aromatic N) is 4. The fraction of sp³-hybridized carbons (Fsp3) is 0.348. The molecule has 2 aromatic heterocycles. The maximum absolute atomic E-state index is 12.4. The Morgan fingerprint density at radius 2 is 2.06 bits per heavy atom. The summed E-state index contributed by atoms with van der Waals surface area (Å²) < 4.78 is 9.31. The van der Waals surface area contributed by atoms with Crippen LogP contribution >= 0.6 is 16.1 Å². The van der Waals surface area contributed by atoms with Gasteiger partial charge in [-0.1, -0.05) is 31.5 Å². The summed E-state index contributed by atoms with van der Waals surface area (Å²) >= 11 is 3.62. The molecule has 162 valence electrons. The number of fused-ring (bicyclic) bond motifs is 1. The van der Waals surface area contributed by atoms with Crippen molar-refractivity contribution in [1.29, 1.82) is 0 Å². The lowest BCUT2D eigenvalue weighted by atomic mass is 10.1. The minimum absolute atomic E-state index is 0.225. The van der Waals surface area contributed by atoms with E-state index in [9.17, 15) is 4.79 Å². The van der Waals surface area contributed by atoms with Crippen LogP contribution in [0, 0.1) is 0 Å². The van der Waals surface area contributed by atoms with E-state index < -0.39 is 0 Å². The molecule has 31 heavy (non-hydrogen) atoms. The van der Waals surface area contributed by atoms with Crippen LogP contribution in [0.3, 0.4) is 0 Å². The molecule has 1 aliphatic heterocycles. The highest BCUT2D eigenvalue weighted by molar-refractivity contribution is 9.07. The zero-order chi connectivity index (χ0) is 21.8. The second-order valence-electron chi connectivity index (χ2n) is 7.42. The standard InChI is InChI=1S/C23H26BrN5O2/c1-3-5-12-20-27-19-11-8-13-25-22(19)28(20)14-16-15-29(24)21(26-16)17-9-6-7-10-18(17)23(30)31-4-2/h6-11,13,15,21,26H,3-5,12,14H2,1-2H3. The molecule has 4 rings (SSSR count). The first-order valence-electron chi connectivity index (χ1n) is 10.6. The first kappa shape index (κ1) is 21.4. The van der Waals surface area contributed by atoms with E-state index in [4.69, 9.17) is 9.72 Å². The lowest BCUT2D eigenvalue weighted by Gasteiger charge is -2.22. The van der Waals surface area contributed by atoms with Crippen molar-refractivity contribution in [2.75, 3.05) is 6.61 Å². The minimum Gasteiger partial charge on any atom is -0.462 e. The molecule has 0 spiro atoms. The SMILES string of the molecule is CCCCc1nc2cccnc2n1CC1=CN(Br)C(c2ccccc2C(=O)OCC)N1. The zero-order valence-corrected chi connectivity index (χ0v) is 19.3. The topological polar surface area (TPSA) is 72.3 Å². The molecule has 3 aromatic rings. The highest BCUT2D eigenvalue weighted by Crippen LogP contribution is 2.32. The summed E-state index contributed by atoms with van der Waals surface area (Å²) in [6, 6.07) is 11.4. The smallest absolute Gasteiger partial charge is 0.338 e. The van der Waals surface area contributed by atoms with E-state index in [1.165, 1.54) is 0 Å². The number of halogens is 1. The van der Waals surface area contributed by atoms with Crippen molar-refractivity contribution in [2.45, 2.75) is 45.8 Å². The van der Waals surface area contributed by atoms with E-state index in [2.05, 4.69) is 37.9 Å². The Hall–Kier alpha value is -2.87. The van der Waals surface area contributed by atoms with Gasteiger partial charge in [0.1, 0.15) is 17.5 Å². The molecule has 1 atom stereocenters. The number of benzene rings is 1. The molecule has 0 saturated carbocycles. The molecule has 1 aliphatic rings. The Balaban J connectivity index is 1.60. The number of rotatable bonds is 8. The average molecular weight is 484 g/mol. The molecule has 0 aliphatic carbocycles. The van der Waals surface area contributed by atoms with Gasteiger partial charge in [0.15, 0.2) is 5.65 Å². The van der Waals surface area contributed by atoms with Gasteiger partial charge in [-0.25, -0.2) is 14.8 Å². The van der Waals surface area contributed by atoms with Crippen LogP contribution in [0.1, 0.15) is 54.6 Å². The third-order valence-electron chi connectivity index (χ3n) is 5.26. The van der Waals surface area contributed by atoms with Crippen LogP contribution in [-0.2, 0) is 17.7 Å². The molecular formula is C23H26BrN5O2. The molecule has 1 unspecified atom stereocenters. The van der Waals surface area contributed by atoms with Crippen molar-refractivity contribution < 1.29 is 9.53 Å². The molecule has 8 heteroatoms. The van der Waals surface area contributed by atoms with Gasteiger partial charge in [-0.05, 0) is 31.5 Å². The summed E-state index contributed by atoms with van der Waals surface area (Å²) in [5.74, 6) is 0.718. The number of pyridine rings is 1. The fourth-order valence-corrected chi connectivity index (χ4v) is 4.36. The minimum atomic E-state index is -0.319. The predicted octanol–water partition coefficient (Wildman–Crippen LogP) is 4.71. The number of nitrogens with one attached hydrogen (secondary N) is 1. The van der Waals surface area contributed by atoms with Crippen molar-refractivity contribution in [3.8, 4) is 0 Å². The number of imidazole rings is 1. The monoisotopic (exact) mass is 483 g/mol. The van der Waals surface area contributed by atoms with Gasteiger partial charge in [0.2, 0.25) is 0 Å². The quantitative estimate of drug-likeness (QED) is 0.369. The van der Waals surface area contributed by atoms with E-state index in [0.717, 1.165) is 47.5 Å². The van der Waals surface area contributed by atoms with Crippen molar-refractivity contribution >= 4 is 33.3 Å². The largest absolute Gasteiger partial charge is 0.462 e. The number of esters is 1. The molecule has 0 radical (unpaired) electrons. The number of carbonyl (C=O) groups is 1. The van der Waals surface area contributed by atoms with Crippen LogP contribution in [-0.4, -0.2) is 31.0 Å². The second kappa shape index (κ2) is 9.51. The van der Waals surface area contributed by atoms with Crippen molar-refractivity contribution in [3.63, 3.8) is 0 Å². The lowest BCUT2D eigenvalue weighted by molar-refractivity contribution is 0.0523. The Kier molecular flexibility index (Phi) is 6.56. The van der Waals surface area contributed by atoms with E-state index >= 15 is 0 Å². The number of ether oxygens (including phenoxy) is 1. The van der Waals surface area contributed by atoms with Crippen LogP contribution in [0.4, 0.5) is 0 Å². The highest BCUT2D eigenvalue weighted by Gasteiger charge is 2.28. The first-order chi connectivity index (χ1) is 15.1. The van der Waals surface area contributed by atoms with Gasteiger partial charge in [0, 0.05) is 30.1 Å². The van der Waals surface area contributed by atoms with Crippen LogP contribution < -0.4 is 5.32 Å². The first-order valence-corrected chi connectivity index (χ1v) is 11.3. The number of carbonyl (C=O) groups excluding carboxylic acids is 1. The van der Waals surface area contributed by atoms with Crippen LogP contribution in [0.5, 0.6) is 0 Å². The maximum Gasteiger partial charge on any atom is 0.338 e. The highest BCUT2D eigenvalue weighted by atomic mass is 79.9. The molecule has 0 bridgehead atoms. The molecule has 1 aromatic carbocycles. The Morgan fingerprint density at radius 3 is 2.87 bits per heavy atom. The fourth-order valence-electron chi connectivity index (χ4n) is 3.79. The summed E-state index contributed by atoms with van der Waals surface area (Å²) in [7, 11) is 0. The van der Waals surface area contributed by atoms with Gasteiger partial charge in [-0.2, -0.15) is 0 Å². The summed E-state index contributed by atoms with van der Waals surface area (Å²) in [4.78, 5) is 21.8. The molecule has 3 heterocycles. The van der Waals surface area contributed by atoms with Gasteiger partial charge in [0.05, 0.1) is 34.9 Å². The number of hydrogen-bond acceptors (Lipinski definition) is 6.